The van der Waals surface area contributed by atoms with Crippen LogP contribution in [0.4, 0.5) is 4.39 Å². The molecule has 0 aromatic heterocycles. The molecule has 5 heteroatoms. The molecule has 0 bridgehead atoms. The zero-order chi connectivity index (χ0) is 11.4. The van der Waals surface area contributed by atoms with E-state index in [1.807, 2.05) is 12.1 Å². The summed E-state index contributed by atoms with van der Waals surface area (Å²) in [5.41, 5.74) is 0.932. The van der Waals surface area contributed by atoms with Crippen molar-refractivity contribution in [1.29, 1.82) is 0 Å². The molecule has 0 unspecified atom stereocenters. The van der Waals surface area contributed by atoms with Gasteiger partial charge in [0.05, 0.1) is 11.6 Å². The van der Waals surface area contributed by atoms with Crippen LogP contribution in [0.1, 0.15) is 5.56 Å². The molecule has 18 heavy (non-hydrogen) atoms. The van der Waals surface area contributed by atoms with Crippen LogP contribution in [-0.4, -0.2) is 23.1 Å². The maximum absolute atomic E-state index is 13.4. The summed E-state index contributed by atoms with van der Waals surface area (Å²) in [4.78, 5) is 0. The number of halogens is 3. The van der Waals surface area contributed by atoms with Gasteiger partial charge in [0.15, 0.2) is 11.6 Å². The van der Waals surface area contributed by atoms with Gasteiger partial charge in [-0.15, -0.1) is 5.56 Å². The third kappa shape index (κ3) is 4.76. The van der Waals surface area contributed by atoms with E-state index in [1.54, 1.807) is 24.3 Å². The average Bonchev–Trinajstić information content (AvgIpc) is 2.32. The summed E-state index contributed by atoms with van der Waals surface area (Å²) in [6.07, 6.45) is 0. The van der Waals surface area contributed by atoms with Gasteiger partial charge in [0.2, 0.25) is 0 Å². The topological polar surface area (TPSA) is 9.23 Å². The Balaban J connectivity index is 0.00000144. The van der Waals surface area contributed by atoms with Crippen LogP contribution in [0.3, 0.4) is 0 Å². The Kier molecular flexibility index (Phi) is 8.60. The van der Waals surface area contributed by atoms with Crippen LogP contribution in [0.25, 0.3) is 0 Å². The van der Waals surface area contributed by atoms with Crippen molar-refractivity contribution < 1.29 is 26.1 Å². The SMILES string of the molecule is Fc1c(Cl)cccc1OCc1c[c-]ccc1.[Br-].[Mg+2]. The standard InChI is InChI=1S/C13H9ClFO.BrH.Mg/c14-11-7-4-8-12(13(11)15)16-9-10-5-2-1-3-6-10;;/h1-2,4-8H,9H2;1H;/q-1;;+2/p-1. The number of hydrogen-bond acceptors (Lipinski definition) is 1. The Labute approximate surface area is 137 Å². The van der Waals surface area contributed by atoms with Gasteiger partial charge in [-0.1, -0.05) is 17.7 Å². The van der Waals surface area contributed by atoms with Crippen LogP contribution in [0, 0.1) is 11.9 Å². The molecule has 0 atom stereocenters. The zero-order valence-electron chi connectivity index (χ0n) is 9.50. The van der Waals surface area contributed by atoms with Gasteiger partial charge in [0, 0.05) is 0 Å². The predicted molar refractivity (Wildman–Crippen MR) is 66.8 cm³/mol. The van der Waals surface area contributed by atoms with Gasteiger partial charge in [0.1, 0.15) is 0 Å². The quantitative estimate of drug-likeness (QED) is 0.584. The first-order chi connectivity index (χ1) is 7.77. The van der Waals surface area contributed by atoms with E-state index in [0.29, 0.717) is 6.61 Å². The van der Waals surface area contributed by atoms with E-state index in [9.17, 15) is 4.39 Å². The number of ether oxygens (including phenoxy) is 1. The molecule has 0 saturated heterocycles. The van der Waals surface area contributed by atoms with Gasteiger partial charge in [-0.2, -0.15) is 30.3 Å². The molecule has 0 radical (unpaired) electrons. The van der Waals surface area contributed by atoms with Crippen LogP contribution in [0.5, 0.6) is 5.75 Å². The van der Waals surface area contributed by atoms with Crippen molar-refractivity contribution in [3.05, 3.63) is 64.9 Å². The van der Waals surface area contributed by atoms with Crippen molar-refractivity contribution >= 4 is 34.7 Å². The smallest absolute Gasteiger partial charge is 1.00 e. The third-order valence-corrected chi connectivity index (χ3v) is 2.37. The van der Waals surface area contributed by atoms with Crippen molar-refractivity contribution in [3.63, 3.8) is 0 Å². The van der Waals surface area contributed by atoms with Crippen LogP contribution in [-0.2, 0) is 6.61 Å². The maximum atomic E-state index is 13.4. The first kappa shape index (κ1) is 17.7. The minimum atomic E-state index is -0.524. The normalized spacial score (nSPS) is 9.00. The molecule has 2 rings (SSSR count). The summed E-state index contributed by atoms with van der Waals surface area (Å²) in [6.45, 7) is 0.300. The van der Waals surface area contributed by atoms with E-state index >= 15 is 0 Å². The second-order valence-corrected chi connectivity index (χ2v) is 3.66. The minimum Gasteiger partial charge on any atom is -1.00 e. The first-order valence-corrected chi connectivity index (χ1v) is 5.17. The molecule has 0 saturated carbocycles. The number of rotatable bonds is 3. The van der Waals surface area contributed by atoms with Gasteiger partial charge in [-0.05, 0) is 12.1 Å². The van der Waals surface area contributed by atoms with Crippen molar-refractivity contribution in [2.75, 3.05) is 0 Å². The Bertz CT molecular complexity index is 482. The second kappa shape index (κ2) is 8.75. The summed E-state index contributed by atoms with van der Waals surface area (Å²) in [5.74, 6) is -0.361. The molecular formula is C13H9BrClFMgO. The van der Waals surface area contributed by atoms with E-state index in [1.165, 1.54) is 6.07 Å². The van der Waals surface area contributed by atoms with Gasteiger partial charge in [-0.25, -0.2) is 4.39 Å². The number of hydrogen-bond donors (Lipinski definition) is 0. The largest absolute Gasteiger partial charge is 2.00 e. The first-order valence-electron chi connectivity index (χ1n) is 4.79. The molecule has 1 nitrogen and oxygen atoms in total. The van der Waals surface area contributed by atoms with Crippen molar-refractivity contribution in [2.24, 2.45) is 0 Å². The molecule has 0 heterocycles. The fraction of sp³-hybridized carbons (Fsp3) is 0.0769. The number of benzene rings is 2. The van der Waals surface area contributed by atoms with Crippen LogP contribution in [0.15, 0.2) is 42.5 Å². The Morgan fingerprint density at radius 3 is 2.67 bits per heavy atom. The van der Waals surface area contributed by atoms with Gasteiger partial charge in [0.25, 0.3) is 0 Å². The second-order valence-electron chi connectivity index (χ2n) is 3.25. The molecule has 0 aliphatic carbocycles. The Hall–Kier alpha value is -0.294. The Morgan fingerprint density at radius 1 is 1.22 bits per heavy atom. The average molecular weight is 340 g/mol. The van der Waals surface area contributed by atoms with Gasteiger partial charge >= 0.3 is 23.1 Å². The summed E-state index contributed by atoms with van der Waals surface area (Å²) in [7, 11) is 0. The van der Waals surface area contributed by atoms with Crippen LogP contribution in [0.2, 0.25) is 5.02 Å². The molecule has 0 amide bonds. The van der Waals surface area contributed by atoms with E-state index in [0.717, 1.165) is 5.56 Å². The monoisotopic (exact) mass is 338 g/mol. The van der Waals surface area contributed by atoms with Crippen molar-refractivity contribution in [1.82, 2.24) is 0 Å². The van der Waals surface area contributed by atoms with E-state index in [4.69, 9.17) is 16.3 Å². The third-order valence-electron chi connectivity index (χ3n) is 2.08. The molecule has 90 valence electrons. The van der Waals surface area contributed by atoms with E-state index < -0.39 is 5.82 Å². The van der Waals surface area contributed by atoms with Crippen LogP contribution >= 0.6 is 11.6 Å². The zero-order valence-corrected chi connectivity index (χ0v) is 13.3. The molecule has 0 aliphatic heterocycles. The maximum Gasteiger partial charge on any atom is 2.00 e. The molecular weight excluding hydrogens is 331 g/mol. The molecule has 0 aliphatic rings. The van der Waals surface area contributed by atoms with Crippen LogP contribution < -0.4 is 21.7 Å². The van der Waals surface area contributed by atoms with E-state index in [-0.39, 0.29) is 50.8 Å². The molecule has 0 fully saturated rings. The summed E-state index contributed by atoms with van der Waals surface area (Å²) in [6, 6.07) is 14.9. The van der Waals surface area contributed by atoms with Crippen molar-refractivity contribution in [3.8, 4) is 5.75 Å². The molecule has 0 spiro atoms. The van der Waals surface area contributed by atoms with Gasteiger partial charge < -0.3 is 21.7 Å². The fourth-order valence-electron chi connectivity index (χ4n) is 1.28. The summed E-state index contributed by atoms with van der Waals surface area (Å²) >= 11 is 5.63. The molecule has 2 aromatic carbocycles. The summed E-state index contributed by atoms with van der Waals surface area (Å²) < 4.78 is 18.8. The fourth-order valence-corrected chi connectivity index (χ4v) is 1.44. The minimum absolute atomic E-state index is 0. The van der Waals surface area contributed by atoms with Gasteiger partial charge in [-0.3, -0.25) is 0 Å². The van der Waals surface area contributed by atoms with Crippen molar-refractivity contribution in [2.45, 2.75) is 6.61 Å². The summed E-state index contributed by atoms with van der Waals surface area (Å²) in [5, 5.41) is 0.0668. The molecule has 0 N–H and O–H groups in total. The Morgan fingerprint density at radius 2 is 2.00 bits per heavy atom. The van der Waals surface area contributed by atoms with E-state index in [2.05, 4.69) is 6.07 Å². The predicted octanol–water partition coefficient (Wildman–Crippen LogP) is 0.481. The molecule has 2 aromatic rings.